The maximum absolute atomic E-state index is 12.5. The first-order valence-electron chi connectivity index (χ1n) is 6.20. The number of nitrogens with zero attached hydrogens (tertiary/aromatic N) is 2. The summed E-state index contributed by atoms with van der Waals surface area (Å²) < 4.78 is 5.12. The number of nitro groups is 1. The molecule has 2 aromatic rings. The van der Waals surface area contributed by atoms with Gasteiger partial charge in [-0.1, -0.05) is 18.2 Å². The van der Waals surface area contributed by atoms with Crippen molar-refractivity contribution in [3.63, 3.8) is 0 Å². The Morgan fingerprint density at radius 1 is 1.19 bits per heavy atom. The summed E-state index contributed by atoms with van der Waals surface area (Å²) in [5, 5.41) is 10.9. The van der Waals surface area contributed by atoms with Gasteiger partial charge in [-0.05, 0) is 18.2 Å². The molecule has 0 aromatic heterocycles. The van der Waals surface area contributed by atoms with Crippen molar-refractivity contribution in [2.75, 3.05) is 19.1 Å². The predicted octanol–water partition coefficient (Wildman–Crippen LogP) is 2.88. The summed E-state index contributed by atoms with van der Waals surface area (Å²) in [4.78, 5) is 24.3. The zero-order chi connectivity index (χ0) is 15.4. The van der Waals surface area contributed by atoms with Crippen molar-refractivity contribution in [2.24, 2.45) is 0 Å². The standard InChI is InChI=1S/C15H14N2O4/c1-16(11-6-4-3-5-7-11)15(18)13-10-12(17(19)20)8-9-14(13)21-2/h3-10H,1-2H3. The third kappa shape index (κ3) is 3.00. The summed E-state index contributed by atoms with van der Waals surface area (Å²) in [6, 6.07) is 13.0. The van der Waals surface area contributed by atoms with Crippen LogP contribution in [0.4, 0.5) is 11.4 Å². The molecular formula is C15H14N2O4. The quantitative estimate of drug-likeness (QED) is 0.640. The Labute approximate surface area is 121 Å². The topological polar surface area (TPSA) is 72.7 Å². The van der Waals surface area contributed by atoms with Gasteiger partial charge in [0.25, 0.3) is 11.6 Å². The van der Waals surface area contributed by atoms with E-state index in [2.05, 4.69) is 0 Å². The van der Waals surface area contributed by atoms with Gasteiger partial charge in [0.2, 0.25) is 0 Å². The molecule has 2 rings (SSSR count). The summed E-state index contributed by atoms with van der Waals surface area (Å²) in [5.74, 6) is -0.0740. The van der Waals surface area contributed by atoms with Gasteiger partial charge in [0.15, 0.2) is 0 Å². The maximum Gasteiger partial charge on any atom is 0.270 e. The van der Waals surface area contributed by atoms with Gasteiger partial charge in [-0.3, -0.25) is 14.9 Å². The maximum atomic E-state index is 12.5. The van der Waals surface area contributed by atoms with E-state index in [1.165, 1.54) is 30.2 Å². The van der Waals surface area contributed by atoms with Crippen molar-refractivity contribution in [1.82, 2.24) is 0 Å². The first-order valence-corrected chi connectivity index (χ1v) is 6.20. The average Bonchev–Trinajstić information content (AvgIpc) is 2.53. The van der Waals surface area contributed by atoms with Crippen molar-refractivity contribution in [2.45, 2.75) is 0 Å². The molecule has 0 bridgehead atoms. The lowest BCUT2D eigenvalue weighted by atomic mass is 10.1. The van der Waals surface area contributed by atoms with Crippen LogP contribution in [0.2, 0.25) is 0 Å². The molecular weight excluding hydrogens is 272 g/mol. The van der Waals surface area contributed by atoms with Gasteiger partial charge in [-0.25, -0.2) is 0 Å². The van der Waals surface area contributed by atoms with Crippen molar-refractivity contribution in [3.05, 3.63) is 64.2 Å². The molecule has 0 saturated carbocycles. The highest BCUT2D eigenvalue weighted by Crippen LogP contribution is 2.26. The second-order valence-electron chi connectivity index (χ2n) is 4.34. The SMILES string of the molecule is COc1ccc([N+](=O)[O-])cc1C(=O)N(C)c1ccccc1. The van der Waals surface area contributed by atoms with Crippen LogP contribution >= 0.6 is 0 Å². The predicted molar refractivity (Wildman–Crippen MR) is 78.8 cm³/mol. The van der Waals surface area contributed by atoms with Gasteiger partial charge < -0.3 is 9.64 Å². The largest absolute Gasteiger partial charge is 0.496 e. The van der Waals surface area contributed by atoms with E-state index in [1.807, 2.05) is 18.2 Å². The summed E-state index contributed by atoms with van der Waals surface area (Å²) in [7, 11) is 3.02. The lowest BCUT2D eigenvalue weighted by Gasteiger charge is -2.18. The molecule has 0 atom stereocenters. The minimum atomic E-state index is -0.543. The third-order valence-electron chi connectivity index (χ3n) is 3.07. The van der Waals surface area contributed by atoms with E-state index >= 15 is 0 Å². The summed E-state index contributed by atoms with van der Waals surface area (Å²) in [6.45, 7) is 0. The monoisotopic (exact) mass is 286 g/mol. The van der Waals surface area contributed by atoms with E-state index in [1.54, 1.807) is 19.2 Å². The molecule has 0 spiro atoms. The van der Waals surface area contributed by atoms with Crippen molar-refractivity contribution in [1.29, 1.82) is 0 Å². The number of carbonyl (C=O) groups is 1. The third-order valence-corrected chi connectivity index (χ3v) is 3.07. The summed E-state index contributed by atoms with van der Waals surface area (Å²) in [5.41, 5.74) is 0.690. The second kappa shape index (κ2) is 6.04. The Hall–Kier alpha value is -2.89. The number of benzene rings is 2. The number of anilines is 1. The van der Waals surface area contributed by atoms with Crippen LogP contribution in [0.25, 0.3) is 0 Å². The molecule has 0 unspecified atom stereocenters. The minimum Gasteiger partial charge on any atom is -0.496 e. The van der Waals surface area contributed by atoms with Gasteiger partial charge in [-0.15, -0.1) is 0 Å². The number of non-ortho nitro benzene ring substituents is 1. The number of methoxy groups -OCH3 is 1. The van der Waals surface area contributed by atoms with Gasteiger partial charge in [0.05, 0.1) is 17.6 Å². The molecule has 0 heterocycles. The Bertz CT molecular complexity index is 671. The molecule has 6 nitrogen and oxygen atoms in total. The molecule has 6 heteroatoms. The van der Waals surface area contributed by atoms with E-state index < -0.39 is 4.92 Å². The van der Waals surface area contributed by atoms with Gasteiger partial charge >= 0.3 is 0 Å². The molecule has 108 valence electrons. The van der Waals surface area contributed by atoms with Crippen LogP contribution in [-0.4, -0.2) is 25.0 Å². The van der Waals surface area contributed by atoms with Crippen LogP contribution in [0.15, 0.2) is 48.5 Å². The first kappa shape index (κ1) is 14.5. The molecule has 0 radical (unpaired) electrons. The number of carbonyl (C=O) groups excluding carboxylic acids is 1. The van der Waals surface area contributed by atoms with E-state index in [9.17, 15) is 14.9 Å². The Morgan fingerprint density at radius 3 is 2.43 bits per heavy atom. The molecule has 0 aliphatic rings. The highest BCUT2D eigenvalue weighted by atomic mass is 16.6. The van der Waals surface area contributed by atoms with Crippen LogP contribution in [0.3, 0.4) is 0 Å². The average molecular weight is 286 g/mol. The molecule has 2 aromatic carbocycles. The van der Waals surface area contributed by atoms with E-state index in [0.29, 0.717) is 11.4 Å². The first-order chi connectivity index (χ1) is 10.0. The zero-order valence-electron chi connectivity index (χ0n) is 11.6. The van der Waals surface area contributed by atoms with Crippen LogP contribution in [-0.2, 0) is 0 Å². The van der Waals surface area contributed by atoms with Crippen LogP contribution in [0.5, 0.6) is 5.75 Å². The van der Waals surface area contributed by atoms with Crippen LogP contribution < -0.4 is 9.64 Å². The number of rotatable bonds is 4. The normalized spacial score (nSPS) is 10.0. The number of hydrogen-bond acceptors (Lipinski definition) is 4. The number of para-hydroxylation sites is 1. The van der Waals surface area contributed by atoms with Gasteiger partial charge in [0, 0.05) is 24.9 Å². The highest BCUT2D eigenvalue weighted by Gasteiger charge is 2.21. The van der Waals surface area contributed by atoms with Crippen LogP contribution in [0.1, 0.15) is 10.4 Å². The summed E-state index contributed by atoms with van der Waals surface area (Å²) in [6.07, 6.45) is 0. The van der Waals surface area contributed by atoms with Gasteiger partial charge in [0.1, 0.15) is 5.75 Å². The molecule has 1 amide bonds. The summed E-state index contributed by atoms with van der Waals surface area (Å²) >= 11 is 0. The van der Waals surface area contributed by atoms with Crippen molar-refractivity contribution >= 4 is 17.3 Å². The zero-order valence-corrected chi connectivity index (χ0v) is 11.6. The fourth-order valence-corrected chi connectivity index (χ4v) is 1.93. The van der Waals surface area contributed by atoms with Gasteiger partial charge in [-0.2, -0.15) is 0 Å². The van der Waals surface area contributed by atoms with E-state index in [-0.39, 0.29) is 17.2 Å². The lowest BCUT2D eigenvalue weighted by Crippen LogP contribution is -2.26. The fraction of sp³-hybridized carbons (Fsp3) is 0.133. The van der Waals surface area contributed by atoms with Crippen molar-refractivity contribution < 1.29 is 14.5 Å². The molecule has 0 N–H and O–H groups in total. The minimum absolute atomic E-state index is 0.151. The lowest BCUT2D eigenvalue weighted by molar-refractivity contribution is -0.384. The number of amides is 1. The van der Waals surface area contributed by atoms with E-state index in [0.717, 1.165) is 0 Å². The molecule has 0 fully saturated rings. The van der Waals surface area contributed by atoms with Crippen LogP contribution in [0, 0.1) is 10.1 Å². The number of hydrogen-bond donors (Lipinski definition) is 0. The smallest absolute Gasteiger partial charge is 0.270 e. The molecule has 21 heavy (non-hydrogen) atoms. The second-order valence-corrected chi connectivity index (χ2v) is 4.34. The Kier molecular flexibility index (Phi) is 4.18. The fourth-order valence-electron chi connectivity index (χ4n) is 1.93. The molecule has 0 saturated heterocycles. The Morgan fingerprint density at radius 2 is 1.86 bits per heavy atom. The molecule has 0 aliphatic heterocycles. The van der Waals surface area contributed by atoms with Crippen molar-refractivity contribution in [3.8, 4) is 5.75 Å². The highest BCUT2D eigenvalue weighted by molar-refractivity contribution is 6.07. The number of nitro benzene ring substituents is 1. The molecule has 0 aliphatic carbocycles. The number of ether oxygens (including phenoxy) is 1. The Balaban J connectivity index is 2.42. The van der Waals surface area contributed by atoms with E-state index in [4.69, 9.17) is 4.74 Å².